The number of rotatable bonds is 12. The zero-order valence-electron chi connectivity index (χ0n) is 21.0. The Morgan fingerprint density at radius 3 is 2.62 bits per heavy atom. The van der Waals surface area contributed by atoms with Crippen molar-refractivity contribution < 1.29 is 19.4 Å². The summed E-state index contributed by atoms with van der Waals surface area (Å²) < 4.78 is 11.6. The first-order valence-electron chi connectivity index (χ1n) is 12.3. The van der Waals surface area contributed by atoms with E-state index in [1.165, 1.54) is 0 Å². The number of amides is 1. The summed E-state index contributed by atoms with van der Waals surface area (Å²) >= 11 is 12.2. The molecule has 0 radical (unpaired) electrons. The molecule has 202 valence electrons. The van der Waals surface area contributed by atoms with Gasteiger partial charge in [0.1, 0.15) is 12.4 Å². The summed E-state index contributed by atoms with van der Waals surface area (Å²) in [5.41, 5.74) is 10.7. The quantitative estimate of drug-likeness (QED) is 0.127. The third-order valence-electron chi connectivity index (χ3n) is 6.20. The lowest BCUT2D eigenvalue weighted by molar-refractivity contribution is -0.126. The molecule has 1 aliphatic rings. The molecule has 1 amide bonds. The summed E-state index contributed by atoms with van der Waals surface area (Å²) in [6.45, 7) is 0.875. The maximum Gasteiger partial charge on any atom is 0.252 e. The van der Waals surface area contributed by atoms with E-state index in [0.29, 0.717) is 40.3 Å². The van der Waals surface area contributed by atoms with Crippen LogP contribution in [0.5, 0.6) is 5.75 Å². The van der Waals surface area contributed by atoms with Gasteiger partial charge < -0.3 is 19.9 Å². The molecule has 0 aliphatic carbocycles. The number of hydrogen-bond donors (Lipinski definition) is 2. The lowest BCUT2D eigenvalue weighted by Crippen LogP contribution is -2.48. The van der Waals surface area contributed by atoms with Crippen LogP contribution in [0.1, 0.15) is 28.7 Å². The summed E-state index contributed by atoms with van der Waals surface area (Å²) in [4.78, 5) is 21.4. The second-order valence-corrected chi connectivity index (χ2v) is 9.77. The van der Waals surface area contributed by atoms with Crippen molar-refractivity contribution in [2.75, 3.05) is 19.8 Å². The van der Waals surface area contributed by atoms with Gasteiger partial charge in [0.25, 0.3) is 5.91 Å². The maximum absolute atomic E-state index is 13.7. The minimum absolute atomic E-state index is 0.0279. The highest BCUT2D eigenvalue weighted by Crippen LogP contribution is 2.30. The van der Waals surface area contributed by atoms with Crippen molar-refractivity contribution in [1.29, 1.82) is 0 Å². The fourth-order valence-electron chi connectivity index (χ4n) is 4.13. The second-order valence-electron chi connectivity index (χ2n) is 8.95. The fraction of sp³-hybridized carbons (Fsp3) is 0.286. The van der Waals surface area contributed by atoms with Crippen LogP contribution in [0, 0.1) is 0 Å². The van der Waals surface area contributed by atoms with Crippen LogP contribution in [0.3, 0.4) is 0 Å². The minimum atomic E-state index is -1.26. The van der Waals surface area contributed by atoms with Crippen molar-refractivity contribution in [3.63, 3.8) is 0 Å². The Balaban J connectivity index is 1.61. The van der Waals surface area contributed by atoms with E-state index in [9.17, 15) is 4.79 Å². The van der Waals surface area contributed by atoms with Crippen molar-refractivity contribution in [2.45, 2.75) is 31.5 Å². The highest BCUT2D eigenvalue weighted by molar-refractivity contribution is 6.42. The standard InChI is InChI=1S/C28H27Cl2N5O4/c29-24-11-6-19(14-25(24)30)16-32-27(37)28(15-21-4-1-2-5-22(21)17-33-35-31)18-39-26(34-28)20-7-9-23(10-8-20)38-13-3-12-36/h1-2,4-11,14,36H,3,12-13,15-18H2,(H,32,37)/t28-/m1/s1. The van der Waals surface area contributed by atoms with Gasteiger partial charge in [-0.1, -0.05) is 58.6 Å². The summed E-state index contributed by atoms with van der Waals surface area (Å²) in [5, 5.41) is 16.4. The third kappa shape index (κ3) is 7.22. The van der Waals surface area contributed by atoms with Gasteiger partial charge in [0, 0.05) is 36.5 Å². The average Bonchev–Trinajstić information content (AvgIpc) is 3.39. The Labute approximate surface area is 236 Å². The van der Waals surface area contributed by atoms with Gasteiger partial charge >= 0.3 is 0 Å². The monoisotopic (exact) mass is 567 g/mol. The summed E-state index contributed by atoms with van der Waals surface area (Å²) in [7, 11) is 0. The van der Waals surface area contributed by atoms with Gasteiger partial charge in [0.05, 0.1) is 23.2 Å². The minimum Gasteiger partial charge on any atom is -0.494 e. The number of ether oxygens (including phenoxy) is 2. The lowest BCUT2D eigenvalue weighted by Gasteiger charge is -2.24. The van der Waals surface area contributed by atoms with Crippen LogP contribution in [0.15, 0.2) is 76.8 Å². The molecule has 0 saturated carbocycles. The molecule has 0 saturated heterocycles. The molecule has 39 heavy (non-hydrogen) atoms. The molecule has 0 fully saturated rings. The number of nitrogens with one attached hydrogen (secondary N) is 1. The molecule has 1 aliphatic heterocycles. The van der Waals surface area contributed by atoms with E-state index in [2.05, 4.69) is 15.3 Å². The number of aliphatic hydroxyl groups excluding tert-OH is 1. The van der Waals surface area contributed by atoms with Crippen LogP contribution in [0.4, 0.5) is 0 Å². The zero-order chi connectivity index (χ0) is 27.7. The molecule has 1 atom stereocenters. The first kappa shape index (κ1) is 28.3. The molecule has 0 unspecified atom stereocenters. The van der Waals surface area contributed by atoms with Gasteiger partial charge in [-0.15, -0.1) is 0 Å². The fourth-order valence-corrected chi connectivity index (χ4v) is 4.45. The highest BCUT2D eigenvalue weighted by Gasteiger charge is 2.44. The molecule has 0 spiro atoms. The van der Waals surface area contributed by atoms with Crippen molar-refractivity contribution in [3.05, 3.63) is 109 Å². The molecular weight excluding hydrogens is 541 g/mol. The molecule has 3 aromatic rings. The summed E-state index contributed by atoms with van der Waals surface area (Å²) in [6.07, 6.45) is 0.780. The average molecular weight is 568 g/mol. The summed E-state index contributed by atoms with van der Waals surface area (Å²) in [5.74, 6) is 0.684. The second kappa shape index (κ2) is 13.4. The van der Waals surface area contributed by atoms with Gasteiger partial charge in [-0.2, -0.15) is 0 Å². The smallest absolute Gasteiger partial charge is 0.252 e. The van der Waals surface area contributed by atoms with Gasteiger partial charge in [0.2, 0.25) is 5.90 Å². The largest absolute Gasteiger partial charge is 0.494 e. The predicted octanol–water partition coefficient (Wildman–Crippen LogP) is 5.64. The molecular formula is C28H27Cl2N5O4. The van der Waals surface area contributed by atoms with E-state index < -0.39 is 5.54 Å². The van der Waals surface area contributed by atoms with Gasteiger partial charge in [0.15, 0.2) is 5.54 Å². The lowest BCUT2D eigenvalue weighted by atomic mass is 9.89. The predicted molar refractivity (Wildman–Crippen MR) is 150 cm³/mol. The van der Waals surface area contributed by atoms with Crippen LogP contribution in [-0.4, -0.2) is 42.3 Å². The summed E-state index contributed by atoms with van der Waals surface area (Å²) in [6, 6.07) is 19.9. The van der Waals surface area contributed by atoms with Gasteiger partial charge in [-0.05, 0) is 58.6 Å². The van der Waals surface area contributed by atoms with Crippen molar-refractivity contribution >= 4 is 35.0 Å². The number of carbonyl (C=O) groups excluding carboxylic acids is 1. The molecule has 0 bridgehead atoms. The number of benzene rings is 3. The number of carbonyl (C=O) groups is 1. The van der Waals surface area contributed by atoms with Crippen molar-refractivity contribution in [3.8, 4) is 5.75 Å². The molecule has 11 heteroatoms. The number of hydrogen-bond acceptors (Lipinski definition) is 6. The zero-order valence-corrected chi connectivity index (χ0v) is 22.5. The Morgan fingerprint density at radius 2 is 1.90 bits per heavy atom. The maximum atomic E-state index is 13.7. The number of azide groups is 1. The molecule has 3 aromatic carbocycles. The number of nitrogens with zero attached hydrogens (tertiary/aromatic N) is 4. The van der Waals surface area contributed by atoms with Gasteiger partial charge in [-0.25, -0.2) is 4.99 Å². The van der Waals surface area contributed by atoms with E-state index in [-0.39, 0.29) is 38.6 Å². The van der Waals surface area contributed by atoms with E-state index in [0.717, 1.165) is 16.7 Å². The number of halogens is 2. The number of aliphatic imine (C=N–C) groups is 1. The molecule has 2 N–H and O–H groups in total. The van der Waals surface area contributed by atoms with Crippen LogP contribution in [0.2, 0.25) is 10.0 Å². The van der Waals surface area contributed by atoms with Crippen molar-refractivity contribution in [2.24, 2.45) is 10.1 Å². The Hall–Kier alpha value is -3.75. The van der Waals surface area contributed by atoms with Crippen LogP contribution >= 0.6 is 23.2 Å². The van der Waals surface area contributed by atoms with E-state index in [1.807, 2.05) is 36.4 Å². The Morgan fingerprint density at radius 1 is 1.13 bits per heavy atom. The topological polar surface area (TPSA) is 129 Å². The Kier molecular flexibility index (Phi) is 9.68. The van der Waals surface area contributed by atoms with Gasteiger partial charge in [-0.3, -0.25) is 4.79 Å². The highest BCUT2D eigenvalue weighted by atomic mass is 35.5. The number of aliphatic hydroxyl groups is 1. The van der Waals surface area contributed by atoms with E-state index >= 15 is 0 Å². The van der Waals surface area contributed by atoms with Crippen molar-refractivity contribution in [1.82, 2.24) is 5.32 Å². The molecule has 4 rings (SSSR count). The van der Waals surface area contributed by atoms with E-state index in [1.54, 1.807) is 30.3 Å². The normalized spacial score (nSPS) is 16.1. The van der Waals surface area contributed by atoms with Crippen LogP contribution in [0.25, 0.3) is 10.4 Å². The SMILES string of the molecule is [N-]=[N+]=NCc1ccccc1C[C@]1(C(=O)NCc2ccc(Cl)c(Cl)c2)COC(c2ccc(OCCCO)cc2)=N1. The van der Waals surface area contributed by atoms with E-state index in [4.69, 9.17) is 48.3 Å². The third-order valence-corrected chi connectivity index (χ3v) is 6.94. The Bertz CT molecular complexity index is 1390. The first-order chi connectivity index (χ1) is 18.9. The molecule has 9 nitrogen and oxygen atoms in total. The van der Waals surface area contributed by atoms with Crippen LogP contribution in [-0.2, 0) is 29.0 Å². The van der Waals surface area contributed by atoms with Crippen LogP contribution < -0.4 is 10.1 Å². The molecule has 1 heterocycles. The molecule has 0 aromatic heterocycles. The first-order valence-corrected chi connectivity index (χ1v) is 13.1.